The molecule has 4 rings (SSSR count). The minimum atomic E-state index is -3.23. The number of rotatable bonds is 5. The van der Waals surface area contributed by atoms with E-state index < -0.39 is 7.37 Å². The number of hydrogen-bond acceptors (Lipinski definition) is 4. The van der Waals surface area contributed by atoms with Crippen LogP contribution < -0.4 is 5.01 Å². The third-order valence-corrected chi connectivity index (χ3v) is 7.72. The van der Waals surface area contributed by atoms with Gasteiger partial charge >= 0.3 is 0 Å². The number of benzene rings is 3. The van der Waals surface area contributed by atoms with Gasteiger partial charge in [-0.25, -0.2) is 0 Å². The van der Waals surface area contributed by atoms with Crippen LogP contribution in [0.1, 0.15) is 23.7 Å². The molecule has 0 saturated carbocycles. The fourth-order valence-corrected chi connectivity index (χ4v) is 6.20. The van der Waals surface area contributed by atoms with Crippen molar-refractivity contribution in [3.8, 4) is 0 Å². The summed E-state index contributed by atoms with van der Waals surface area (Å²) in [6, 6.07) is 29.7. The molecule has 4 nitrogen and oxygen atoms in total. The third kappa shape index (κ3) is 3.54. The van der Waals surface area contributed by atoms with Gasteiger partial charge in [0.15, 0.2) is 5.45 Å². The normalized spacial score (nSPS) is 22.0. The maximum atomic E-state index is 14.3. The largest absolute Gasteiger partial charge is 0.324 e. The highest BCUT2D eigenvalue weighted by Crippen LogP contribution is 2.64. The van der Waals surface area contributed by atoms with Crippen LogP contribution in [0.5, 0.6) is 0 Å². The first-order chi connectivity index (χ1) is 13.7. The number of hydrazone groups is 1. The van der Waals surface area contributed by atoms with E-state index in [4.69, 9.17) is 9.63 Å². The molecule has 0 unspecified atom stereocenters. The van der Waals surface area contributed by atoms with Crippen LogP contribution in [0.3, 0.4) is 0 Å². The summed E-state index contributed by atoms with van der Waals surface area (Å²) < 4.78 is 20.3. The van der Waals surface area contributed by atoms with Gasteiger partial charge in [0, 0.05) is 5.56 Å². The molecule has 0 bridgehead atoms. The number of anilines is 1. The molecule has 5 heteroatoms. The minimum absolute atomic E-state index is 0.290. The second-order valence-corrected chi connectivity index (χ2v) is 9.15. The Kier molecular flexibility index (Phi) is 5.43. The van der Waals surface area contributed by atoms with Crippen molar-refractivity contribution in [3.63, 3.8) is 0 Å². The van der Waals surface area contributed by atoms with Crippen molar-refractivity contribution in [1.29, 1.82) is 0 Å². The Morgan fingerprint density at radius 3 is 2.11 bits per heavy atom. The predicted molar refractivity (Wildman–Crippen MR) is 115 cm³/mol. The van der Waals surface area contributed by atoms with Gasteiger partial charge in [-0.05, 0) is 24.6 Å². The Hall–Kier alpha value is -2.68. The number of hydrogen-bond donors (Lipinski definition) is 0. The standard InChI is InChI=1S/C23H23N2O2P/c1-2-27-28(26)22(19-12-6-3-7-13-19)18-25(21-16-10-5-11-17-21)24-23(28)20-14-8-4-9-15-20/h3-17,22H,2,18H2,1H3/t22-,28+/m0/s1. The van der Waals surface area contributed by atoms with E-state index in [0.717, 1.165) is 16.8 Å². The molecule has 0 amide bonds. The van der Waals surface area contributed by atoms with Crippen LogP contribution in [-0.2, 0) is 9.09 Å². The van der Waals surface area contributed by atoms with Crippen molar-refractivity contribution >= 4 is 18.5 Å². The van der Waals surface area contributed by atoms with Gasteiger partial charge in [0.25, 0.3) is 7.37 Å². The minimum Gasteiger partial charge on any atom is -0.324 e. The predicted octanol–water partition coefficient (Wildman–Crippen LogP) is 5.92. The van der Waals surface area contributed by atoms with Gasteiger partial charge in [-0.2, -0.15) is 5.10 Å². The molecule has 0 aliphatic carbocycles. The SMILES string of the molecule is CCO[P@@]1(=O)C(c2ccccc2)=NN(c2ccccc2)C[C@H]1c1ccccc1. The van der Waals surface area contributed by atoms with Gasteiger partial charge in [0.2, 0.25) is 0 Å². The quantitative estimate of drug-likeness (QED) is 0.508. The van der Waals surface area contributed by atoms with Crippen molar-refractivity contribution in [1.82, 2.24) is 0 Å². The summed E-state index contributed by atoms with van der Waals surface area (Å²) in [7, 11) is -3.23. The van der Waals surface area contributed by atoms with Crippen LogP contribution in [0, 0.1) is 0 Å². The van der Waals surface area contributed by atoms with E-state index in [1.165, 1.54) is 0 Å². The van der Waals surface area contributed by atoms with E-state index in [1.807, 2.05) is 103 Å². The monoisotopic (exact) mass is 390 g/mol. The smallest absolute Gasteiger partial charge is 0.261 e. The molecule has 0 aromatic heterocycles. The molecule has 3 aromatic carbocycles. The molecule has 1 aliphatic rings. The van der Waals surface area contributed by atoms with Crippen LogP contribution in [0.2, 0.25) is 0 Å². The van der Waals surface area contributed by atoms with Gasteiger partial charge in [-0.1, -0.05) is 78.9 Å². The van der Waals surface area contributed by atoms with Gasteiger partial charge in [0.1, 0.15) is 0 Å². The van der Waals surface area contributed by atoms with Crippen LogP contribution >= 0.6 is 7.37 Å². The van der Waals surface area contributed by atoms with Crippen LogP contribution in [-0.4, -0.2) is 18.6 Å². The second-order valence-electron chi connectivity index (χ2n) is 6.65. The lowest BCUT2D eigenvalue weighted by atomic mass is 10.1. The second kappa shape index (κ2) is 8.14. The highest BCUT2D eigenvalue weighted by atomic mass is 31.2. The average molecular weight is 390 g/mol. The lowest BCUT2D eigenvalue weighted by Gasteiger charge is -2.37. The number of nitrogens with zero attached hydrogens (tertiary/aromatic N) is 2. The highest BCUT2D eigenvalue weighted by Gasteiger charge is 2.45. The average Bonchev–Trinajstić information content (AvgIpc) is 2.76. The van der Waals surface area contributed by atoms with Crippen molar-refractivity contribution in [2.75, 3.05) is 18.2 Å². The lowest BCUT2D eigenvalue weighted by Crippen LogP contribution is -2.32. The molecule has 2 atom stereocenters. The molecule has 1 heterocycles. The van der Waals surface area contributed by atoms with Crippen molar-refractivity contribution in [3.05, 3.63) is 102 Å². The van der Waals surface area contributed by atoms with Crippen LogP contribution in [0.25, 0.3) is 0 Å². The molecule has 0 radical (unpaired) electrons. The van der Waals surface area contributed by atoms with E-state index in [9.17, 15) is 4.57 Å². The first kappa shape index (κ1) is 18.7. The molecule has 3 aromatic rings. The van der Waals surface area contributed by atoms with E-state index in [-0.39, 0.29) is 5.66 Å². The van der Waals surface area contributed by atoms with E-state index >= 15 is 0 Å². The Morgan fingerprint density at radius 2 is 1.50 bits per heavy atom. The molecule has 28 heavy (non-hydrogen) atoms. The van der Waals surface area contributed by atoms with Crippen molar-refractivity contribution < 1.29 is 9.09 Å². The van der Waals surface area contributed by atoms with Gasteiger partial charge in [0.05, 0.1) is 24.5 Å². The summed E-state index contributed by atoms with van der Waals surface area (Å²) in [5.41, 5.74) is 3.05. The fourth-order valence-electron chi connectivity index (χ4n) is 3.54. The Balaban J connectivity index is 1.90. The molecule has 0 N–H and O–H groups in total. The van der Waals surface area contributed by atoms with Gasteiger partial charge in [-0.15, -0.1) is 0 Å². The zero-order valence-corrected chi connectivity index (χ0v) is 16.7. The summed E-state index contributed by atoms with van der Waals surface area (Å²) in [5.74, 6) is 0. The highest BCUT2D eigenvalue weighted by molar-refractivity contribution is 7.77. The van der Waals surface area contributed by atoms with Crippen molar-refractivity contribution in [2.45, 2.75) is 12.6 Å². The van der Waals surface area contributed by atoms with Crippen LogP contribution in [0.15, 0.2) is 96.1 Å². The third-order valence-electron chi connectivity index (χ3n) is 4.86. The Labute approximate surface area is 165 Å². The maximum absolute atomic E-state index is 14.3. The molecular weight excluding hydrogens is 367 g/mol. The molecule has 1 aliphatic heterocycles. The van der Waals surface area contributed by atoms with Crippen LogP contribution in [0.4, 0.5) is 5.69 Å². The van der Waals surface area contributed by atoms with E-state index in [1.54, 1.807) is 0 Å². The zero-order valence-electron chi connectivity index (χ0n) is 15.8. The number of para-hydroxylation sites is 1. The first-order valence-corrected chi connectivity index (χ1v) is 11.2. The summed E-state index contributed by atoms with van der Waals surface area (Å²) in [6.45, 7) is 2.76. The lowest BCUT2D eigenvalue weighted by molar-refractivity contribution is 0.334. The summed E-state index contributed by atoms with van der Waals surface area (Å²) in [4.78, 5) is 0. The molecule has 0 fully saturated rings. The Bertz CT molecular complexity index is 991. The summed E-state index contributed by atoms with van der Waals surface area (Å²) in [5, 5.41) is 6.77. The summed E-state index contributed by atoms with van der Waals surface area (Å²) >= 11 is 0. The maximum Gasteiger partial charge on any atom is 0.261 e. The molecular formula is C23H23N2O2P. The zero-order chi connectivity index (χ0) is 19.4. The molecule has 142 valence electrons. The van der Waals surface area contributed by atoms with Gasteiger partial charge < -0.3 is 4.52 Å². The van der Waals surface area contributed by atoms with Gasteiger partial charge in [-0.3, -0.25) is 9.57 Å². The first-order valence-electron chi connectivity index (χ1n) is 9.49. The summed E-state index contributed by atoms with van der Waals surface area (Å²) in [6.07, 6.45) is 0. The van der Waals surface area contributed by atoms with E-state index in [0.29, 0.717) is 18.6 Å². The molecule has 0 spiro atoms. The molecule has 0 saturated heterocycles. The van der Waals surface area contributed by atoms with E-state index in [2.05, 4.69) is 0 Å². The topological polar surface area (TPSA) is 41.9 Å². The Morgan fingerprint density at radius 1 is 0.929 bits per heavy atom. The van der Waals surface area contributed by atoms with Crippen molar-refractivity contribution in [2.24, 2.45) is 5.10 Å². The fraction of sp³-hybridized carbons (Fsp3) is 0.174.